The lowest BCUT2D eigenvalue weighted by atomic mass is 10.2. The van der Waals surface area contributed by atoms with Crippen LogP contribution >= 0.6 is 0 Å². The van der Waals surface area contributed by atoms with E-state index in [1.165, 1.54) is 0 Å². The lowest BCUT2D eigenvalue weighted by molar-refractivity contribution is 0.0635. The van der Waals surface area contributed by atoms with Gasteiger partial charge in [0, 0.05) is 0 Å². The highest BCUT2D eigenvalue weighted by Crippen LogP contribution is 2.15. The number of aromatic nitrogens is 1. The Morgan fingerprint density at radius 1 is 1.42 bits per heavy atom. The summed E-state index contributed by atoms with van der Waals surface area (Å²) in [5, 5.41) is 6.02. The Kier molecular flexibility index (Phi) is 4.11. The summed E-state index contributed by atoms with van der Waals surface area (Å²) in [4.78, 5) is 14.8. The standard InChI is InChI=1S/C10H14FN3O4S/c1-10(2,3)18-9(15)14-7-5-4-6(11)8(13-7)19(12,16)17/h4-5H,1-3H3,(H2,12,16,17)(H,13,14,15). The smallest absolute Gasteiger partial charge is 0.413 e. The molecule has 0 atom stereocenters. The molecule has 9 heteroatoms. The number of pyridine rings is 1. The van der Waals surface area contributed by atoms with E-state index < -0.39 is 32.6 Å². The normalized spacial score (nSPS) is 12.1. The Bertz CT molecular complexity index is 595. The molecule has 0 unspecified atom stereocenters. The van der Waals surface area contributed by atoms with E-state index >= 15 is 0 Å². The van der Waals surface area contributed by atoms with Crippen LogP contribution in [0.1, 0.15) is 20.8 Å². The summed E-state index contributed by atoms with van der Waals surface area (Å²) in [7, 11) is -4.31. The number of hydrogen-bond acceptors (Lipinski definition) is 5. The van der Waals surface area contributed by atoms with E-state index in [9.17, 15) is 17.6 Å². The fraction of sp³-hybridized carbons (Fsp3) is 0.400. The van der Waals surface area contributed by atoms with Gasteiger partial charge in [0.25, 0.3) is 10.0 Å². The molecule has 0 aromatic carbocycles. The number of hydrogen-bond donors (Lipinski definition) is 2. The summed E-state index contributed by atoms with van der Waals surface area (Å²) < 4.78 is 40.2. The molecule has 1 amide bonds. The van der Waals surface area contributed by atoms with E-state index in [0.717, 1.165) is 12.1 Å². The predicted octanol–water partition coefficient (Wildman–Crippen LogP) is 1.22. The molecule has 1 heterocycles. The zero-order valence-electron chi connectivity index (χ0n) is 10.6. The Balaban J connectivity index is 2.96. The van der Waals surface area contributed by atoms with Crippen molar-refractivity contribution in [2.24, 2.45) is 5.14 Å². The van der Waals surface area contributed by atoms with Gasteiger partial charge in [-0.25, -0.2) is 27.7 Å². The molecule has 0 saturated heterocycles. The third-order valence-electron chi connectivity index (χ3n) is 1.71. The number of ether oxygens (including phenoxy) is 1. The predicted molar refractivity (Wildman–Crippen MR) is 65.4 cm³/mol. The molecule has 106 valence electrons. The van der Waals surface area contributed by atoms with Crippen LogP contribution in [0.3, 0.4) is 0 Å². The number of primary sulfonamides is 1. The fourth-order valence-corrected chi connectivity index (χ4v) is 1.67. The van der Waals surface area contributed by atoms with Gasteiger partial charge in [0.1, 0.15) is 11.4 Å². The number of sulfonamides is 1. The molecule has 0 radical (unpaired) electrons. The molecule has 7 nitrogen and oxygen atoms in total. The first-order valence-corrected chi connectivity index (χ1v) is 6.73. The molecule has 1 rings (SSSR count). The summed E-state index contributed by atoms with van der Waals surface area (Å²) in [6.07, 6.45) is -0.841. The molecule has 3 N–H and O–H groups in total. The molecule has 1 aromatic rings. The van der Waals surface area contributed by atoms with E-state index in [2.05, 4.69) is 10.3 Å². The summed E-state index contributed by atoms with van der Waals surface area (Å²) in [5.41, 5.74) is -0.729. The van der Waals surface area contributed by atoms with Gasteiger partial charge in [-0.2, -0.15) is 0 Å². The summed E-state index contributed by atoms with van der Waals surface area (Å²) in [5.74, 6) is -1.28. The van der Waals surface area contributed by atoms with Crippen LogP contribution in [0, 0.1) is 5.82 Å². The van der Waals surface area contributed by atoms with Gasteiger partial charge in [0.2, 0.25) is 5.03 Å². The van der Waals surface area contributed by atoms with Crippen LogP contribution in [0.4, 0.5) is 15.0 Å². The van der Waals surface area contributed by atoms with Crippen molar-refractivity contribution in [1.29, 1.82) is 0 Å². The highest BCUT2D eigenvalue weighted by atomic mass is 32.2. The Morgan fingerprint density at radius 2 is 2.00 bits per heavy atom. The van der Waals surface area contributed by atoms with Crippen molar-refractivity contribution >= 4 is 21.9 Å². The van der Waals surface area contributed by atoms with Gasteiger partial charge in [-0.15, -0.1) is 0 Å². The molecular formula is C10H14FN3O4S. The second kappa shape index (κ2) is 5.10. The molecule has 1 aromatic heterocycles. The minimum Gasteiger partial charge on any atom is -0.444 e. The Labute approximate surface area is 110 Å². The SMILES string of the molecule is CC(C)(C)OC(=O)Nc1ccc(F)c(S(N)(=O)=O)n1. The maximum atomic E-state index is 13.2. The zero-order chi connectivity index (χ0) is 14.8. The van der Waals surface area contributed by atoms with E-state index in [0.29, 0.717) is 0 Å². The third-order valence-corrected chi connectivity index (χ3v) is 2.54. The Morgan fingerprint density at radius 3 is 2.47 bits per heavy atom. The third kappa shape index (κ3) is 4.79. The number of amides is 1. The minimum absolute atomic E-state index is 0.181. The number of rotatable bonds is 2. The number of anilines is 1. The highest BCUT2D eigenvalue weighted by molar-refractivity contribution is 7.89. The number of nitrogens with one attached hydrogen (secondary N) is 1. The minimum atomic E-state index is -4.31. The van der Waals surface area contributed by atoms with Crippen LogP contribution in [-0.2, 0) is 14.8 Å². The van der Waals surface area contributed by atoms with Crippen LogP contribution in [-0.4, -0.2) is 25.1 Å². The summed E-state index contributed by atoms with van der Waals surface area (Å²) >= 11 is 0. The number of carbonyl (C=O) groups is 1. The largest absolute Gasteiger partial charge is 0.444 e. The van der Waals surface area contributed by atoms with Crippen LogP contribution in [0.25, 0.3) is 0 Å². The number of nitrogens with two attached hydrogens (primary N) is 1. The first-order valence-electron chi connectivity index (χ1n) is 5.18. The topological polar surface area (TPSA) is 111 Å². The van der Waals surface area contributed by atoms with Crippen LogP contribution in [0.15, 0.2) is 17.2 Å². The molecular weight excluding hydrogens is 277 g/mol. The number of nitrogens with zero attached hydrogens (tertiary/aromatic N) is 1. The Hall–Kier alpha value is -1.74. The number of carbonyl (C=O) groups excluding carboxylic acids is 1. The zero-order valence-corrected chi connectivity index (χ0v) is 11.4. The molecule has 0 aliphatic carbocycles. The monoisotopic (exact) mass is 291 g/mol. The first kappa shape index (κ1) is 15.3. The molecule has 0 aliphatic heterocycles. The average molecular weight is 291 g/mol. The van der Waals surface area contributed by atoms with Crippen LogP contribution in [0.5, 0.6) is 0 Å². The van der Waals surface area contributed by atoms with Crippen molar-refractivity contribution in [3.05, 3.63) is 17.9 Å². The molecule has 0 fully saturated rings. The molecule has 0 bridgehead atoms. The van der Waals surface area contributed by atoms with E-state index in [4.69, 9.17) is 9.88 Å². The lowest BCUT2D eigenvalue weighted by Crippen LogP contribution is -2.27. The van der Waals surface area contributed by atoms with E-state index in [-0.39, 0.29) is 5.82 Å². The maximum Gasteiger partial charge on any atom is 0.413 e. The molecule has 0 saturated carbocycles. The van der Waals surface area contributed by atoms with Gasteiger partial charge in [-0.3, -0.25) is 5.32 Å². The van der Waals surface area contributed by atoms with Gasteiger partial charge in [-0.05, 0) is 32.9 Å². The van der Waals surface area contributed by atoms with Gasteiger partial charge in [0.05, 0.1) is 0 Å². The van der Waals surface area contributed by atoms with Crippen LogP contribution < -0.4 is 10.5 Å². The fourth-order valence-electron chi connectivity index (χ4n) is 1.10. The van der Waals surface area contributed by atoms with Crippen molar-refractivity contribution in [2.75, 3.05) is 5.32 Å². The van der Waals surface area contributed by atoms with Crippen molar-refractivity contribution in [2.45, 2.75) is 31.4 Å². The van der Waals surface area contributed by atoms with Gasteiger partial charge in [-0.1, -0.05) is 0 Å². The molecule has 0 aliphatic rings. The van der Waals surface area contributed by atoms with Crippen molar-refractivity contribution < 1.29 is 22.3 Å². The van der Waals surface area contributed by atoms with E-state index in [1.807, 2.05) is 0 Å². The first-order chi connectivity index (χ1) is 8.49. The van der Waals surface area contributed by atoms with Gasteiger partial charge in [0.15, 0.2) is 5.82 Å². The van der Waals surface area contributed by atoms with E-state index in [1.54, 1.807) is 20.8 Å². The quantitative estimate of drug-likeness (QED) is 0.850. The number of halogens is 1. The lowest BCUT2D eigenvalue weighted by Gasteiger charge is -2.19. The van der Waals surface area contributed by atoms with Gasteiger partial charge >= 0.3 is 6.09 Å². The van der Waals surface area contributed by atoms with Crippen molar-refractivity contribution in [3.63, 3.8) is 0 Å². The maximum absolute atomic E-state index is 13.2. The van der Waals surface area contributed by atoms with Gasteiger partial charge < -0.3 is 4.74 Å². The highest BCUT2D eigenvalue weighted by Gasteiger charge is 2.20. The second-order valence-electron chi connectivity index (χ2n) is 4.66. The molecule has 0 spiro atoms. The average Bonchev–Trinajstić information content (AvgIpc) is 2.16. The van der Waals surface area contributed by atoms with Crippen LogP contribution in [0.2, 0.25) is 0 Å². The van der Waals surface area contributed by atoms with Crippen molar-refractivity contribution in [3.8, 4) is 0 Å². The summed E-state index contributed by atoms with van der Waals surface area (Å²) in [6.45, 7) is 4.96. The molecule has 19 heavy (non-hydrogen) atoms. The second-order valence-corrected chi connectivity index (χ2v) is 6.13. The summed E-state index contributed by atoms with van der Waals surface area (Å²) in [6, 6.07) is 1.92. The van der Waals surface area contributed by atoms with Crippen molar-refractivity contribution in [1.82, 2.24) is 4.98 Å².